The third kappa shape index (κ3) is 5.25. The molecule has 4 nitrogen and oxygen atoms in total. The zero-order valence-corrected chi connectivity index (χ0v) is 13.4. The van der Waals surface area contributed by atoms with E-state index in [1.165, 1.54) is 12.0 Å². The average molecular weight is 308 g/mol. The Balaban J connectivity index is 1.67. The summed E-state index contributed by atoms with van der Waals surface area (Å²) in [6.45, 7) is 4.56. The first kappa shape index (κ1) is 16.2. The highest BCUT2D eigenvalue weighted by Crippen LogP contribution is 2.22. The van der Waals surface area contributed by atoms with Gasteiger partial charge in [-0.05, 0) is 37.5 Å². The van der Waals surface area contributed by atoms with E-state index in [-0.39, 0.29) is 12.5 Å². The van der Waals surface area contributed by atoms with Gasteiger partial charge >= 0.3 is 0 Å². The molecule has 116 valence electrons. The number of carbonyl (C=O) groups excluding carboxylic acids is 1. The van der Waals surface area contributed by atoms with Crippen LogP contribution < -0.4 is 10.5 Å². The van der Waals surface area contributed by atoms with Gasteiger partial charge in [-0.1, -0.05) is 12.1 Å². The molecule has 1 unspecified atom stereocenters. The summed E-state index contributed by atoms with van der Waals surface area (Å²) in [5.74, 6) is 1.94. The van der Waals surface area contributed by atoms with Crippen molar-refractivity contribution in [2.24, 2.45) is 5.73 Å². The standard InChI is InChI=1S/C16H24N2O2S/c1-13-4-2-5-14(10-13)20-8-9-21-15-6-3-7-18(12-15)16(19)11-17/h2,4-5,10,15H,3,6-9,11-12,17H2,1H3. The third-order valence-electron chi connectivity index (χ3n) is 3.60. The summed E-state index contributed by atoms with van der Waals surface area (Å²) in [6, 6.07) is 8.11. The van der Waals surface area contributed by atoms with Gasteiger partial charge in [0.05, 0.1) is 13.2 Å². The highest BCUT2D eigenvalue weighted by atomic mass is 32.2. The molecule has 0 bridgehead atoms. The van der Waals surface area contributed by atoms with Crippen molar-refractivity contribution >= 4 is 17.7 Å². The Kier molecular flexibility index (Phi) is 6.39. The van der Waals surface area contributed by atoms with Crippen LogP contribution in [0, 0.1) is 6.92 Å². The van der Waals surface area contributed by atoms with Gasteiger partial charge in [0.2, 0.25) is 5.91 Å². The van der Waals surface area contributed by atoms with Crippen LogP contribution in [0.15, 0.2) is 24.3 Å². The van der Waals surface area contributed by atoms with Crippen LogP contribution in [0.25, 0.3) is 0 Å². The number of nitrogens with zero attached hydrogens (tertiary/aromatic N) is 1. The van der Waals surface area contributed by atoms with Crippen molar-refractivity contribution < 1.29 is 9.53 Å². The second kappa shape index (κ2) is 8.29. The molecular formula is C16H24N2O2S. The first-order valence-electron chi connectivity index (χ1n) is 7.48. The minimum Gasteiger partial charge on any atom is -0.493 e. The topological polar surface area (TPSA) is 55.6 Å². The normalized spacial score (nSPS) is 18.6. The Labute approximate surface area is 131 Å². The number of amides is 1. The Morgan fingerprint density at radius 2 is 2.38 bits per heavy atom. The van der Waals surface area contributed by atoms with Crippen molar-refractivity contribution in [3.63, 3.8) is 0 Å². The van der Waals surface area contributed by atoms with Crippen LogP contribution in [0.4, 0.5) is 0 Å². The zero-order valence-electron chi connectivity index (χ0n) is 12.6. The summed E-state index contributed by atoms with van der Waals surface area (Å²) >= 11 is 1.89. The molecule has 1 amide bonds. The van der Waals surface area contributed by atoms with Crippen molar-refractivity contribution in [2.75, 3.05) is 32.0 Å². The molecule has 21 heavy (non-hydrogen) atoms. The van der Waals surface area contributed by atoms with Gasteiger partial charge in [-0.25, -0.2) is 0 Å². The number of thioether (sulfide) groups is 1. The second-order valence-corrected chi connectivity index (χ2v) is 6.75. The van der Waals surface area contributed by atoms with E-state index in [1.807, 2.05) is 34.9 Å². The van der Waals surface area contributed by atoms with Crippen LogP contribution in [-0.4, -0.2) is 48.1 Å². The minimum absolute atomic E-state index is 0.0660. The van der Waals surface area contributed by atoms with Gasteiger partial charge in [-0.15, -0.1) is 0 Å². The molecule has 0 saturated carbocycles. The summed E-state index contributed by atoms with van der Waals surface area (Å²) in [5.41, 5.74) is 6.64. The molecule has 2 N–H and O–H groups in total. The molecule has 1 heterocycles. The van der Waals surface area contributed by atoms with E-state index in [2.05, 4.69) is 13.0 Å². The Morgan fingerprint density at radius 1 is 1.52 bits per heavy atom. The monoisotopic (exact) mass is 308 g/mol. The SMILES string of the molecule is Cc1cccc(OCCSC2CCCN(C(=O)CN)C2)c1. The fourth-order valence-corrected chi connectivity index (χ4v) is 3.64. The lowest BCUT2D eigenvalue weighted by Gasteiger charge is -2.32. The number of likely N-dealkylation sites (tertiary alicyclic amines) is 1. The molecule has 1 fully saturated rings. The molecule has 5 heteroatoms. The number of rotatable bonds is 6. The van der Waals surface area contributed by atoms with Gasteiger partial charge in [-0.3, -0.25) is 4.79 Å². The predicted molar refractivity (Wildman–Crippen MR) is 87.8 cm³/mol. The largest absolute Gasteiger partial charge is 0.493 e. The molecule has 1 saturated heterocycles. The van der Waals surface area contributed by atoms with Crippen molar-refractivity contribution in [3.8, 4) is 5.75 Å². The van der Waals surface area contributed by atoms with E-state index in [0.717, 1.165) is 31.0 Å². The molecule has 0 spiro atoms. The van der Waals surface area contributed by atoms with Gasteiger partial charge < -0.3 is 15.4 Å². The van der Waals surface area contributed by atoms with Crippen LogP contribution in [-0.2, 0) is 4.79 Å². The molecule has 1 aliphatic rings. The summed E-state index contributed by atoms with van der Waals surface area (Å²) in [4.78, 5) is 13.5. The minimum atomic E-state index is 0.0660. The Hall–Kier alpha value is -1.20. The van der Waals surface area contributed by atoms with E-state index >= 15 is 0 Å². The maximum atomic E-state index is 11.6. The third-order valence-corrected chi connectivity index (χ3v) is 4.86. The van der Waals surface area contributed by atoms with Gasteiger partial charge in [0, 0.05) is 24.1 Å². The highest BCUT2D eigenvalue weighted by Gasteiger charge is 2.22. The van der Waals surface area contributed by atoms with Crippen molar-refractivity contribution in [1.82, 2.24) is 4.90 Å². The first-order chi connectivity index (χ1) is 10.2. The van der Waals surface area contributed by atoms with Crippen molar-refractivity contribution in [1.29, 1.82) is 0 Å². The molecular weight excluding hydrogens is 284 g/mol. The van der Waals surface area contributed by atoms with Gasteiger partial charge in [0.15, 0.2) is 0 Å². The molecule has 1 aliphatic heterocycles. The van der Waals surface area contributed by atoms with E-state index in [9.17, 15) is 4.79 Å². The molecule has 0 aliphatic carbocycles. The number of hydrogen-bond donors (Lipinski definition) is 1. The Bertz CT molecular complexity index is 467. The number of ether oxygens (including phenoxy) is 1. The Morgan fingerprint density at radius 3 is 3.14 bits per heavy atom. The second-order valence-electron chi connectivity index (χ2n) is 5.34. The quantitative estimate of drug-likeness (QED) is 0.817. The van der Waals surface area contributed by atoms with Gasteiger partial charge in [0.25, 0.3) is 0 Å². The molecule has 1 atom stereocenters. The maximum Gasteiger partial charge on any atom is 0.236 e. The van der Waals surface area contributed by atoms with Crippen molar-refractivity contribution in [2.45, 2.75) is 25.0 Å². The van der Waals surface area contributed by atoms with E-state index in [1.54, 1.807) is 0 Å². The smallest absolute Gasteiger partial charge is 0.236 e. The summed E-state index contributed by atoms with van der Waals surface area (Å²) in [5, 5.41) is 0.510. The number of nitrogens with two attached hydrogens (primary N) is 1. The lowest BCUT2D eigenvalue weighted by molar-refractivity contribution is -0.130. The predicted octanol–water partition coefficient (Wildman–Crippen LogP) is 2.06. The summed E-state index contributed by atoms with van der Waals surface area (Å²) < 4.78 is 5.75. The molecule has 0 radical (unpaired) electrons. The molecule has 1 aromatic rings. The van der Waals surface area contributed by atoms with Crippen molar-refractivity contribution in [3.05, 3.63) is 29.8 Å². The lowest BCUT2D eigenvalue weighted by atomic mass is 10.1. The molecule has 1 aromatic carbocycles. The van der Waals surface area contributed by atoms with Crippen LogP contribution in [0.5, 0.6) is 5.75 Å². The number of carbonyl (C=O) groups is 1. The number of hydrogen-bond acceptors (Lipinski definition) is 4. The zero-order chi connectivity index (χ0) is 15.1. The van der Waals surface area contributed by atoms with E-state index in [0.29, 0.717) is 11.9 Å². The lowest BCUT2D eigenvalue weighted by Crippen LogP contribution is -2.44. The first-order valence-corrected chi connectivity index (χ1v) is 8.53. The fraction of sp³-hybridized carbons (Fsp3) is 0.562. The van der Waals surface area contributed by atoms with E-state index < -0.39 is 0 Å². The van der Waals surface area contributed by atoms with Gasteiger partial charge in [-0.2, -0.15) is 11.8 Å². The fourth-order valence-electron chi connectivity index (χ4n) is 2.51. The van der Waals surface area contributed by atoms with E-state index in [4.69, 9.17) is 10.5 Å². The van der Waals surface area contributed by atoms with Crippen LogP contribution >= 0.6 is 11.8 Å². The molecule has 0 aromatic heterocycles. The van der Waals surface area contributed by atoms with Gasteiger partial charge in [0.1, 0.15) is 5.75 Å². The molecule has 2 rings (SSSR count). The number of benzene rings is 1. The summed E-state index contributed by atoms with van der Waals surface area (Å²) in [6.07, 6.45) is 2.24. The maximum absolute atomic E-state index is 11.6. The highest BCUT2D eigenvalue weighted by molar-refractivity contribution is 7.99. The number of aryl methyl sites for hydroxylation is 1. The van der Waals surface area contributed by atoms with Crippen LogP contribution in [0.2, 0.25) is 0 Å². The summed E-state index contributed by atoms with van der Waals surface area (Å²) in [7, 11) is 0. The average Bonchev–Trinajstić information content (AvgIpc) is 2.51. The van der Waals surface area contributed by atoms with Crippen LogP contribution in [0.1, 0.15) is 18.4 Å². The number of piperidine rings is 1. The van der Waals surface area contributed by atoms with Crippen LogP contribution in [0.3, 0.4) is 0 Å².